The lowest BCUT2D eigenvalue weighted by molar-refractivity contribution is -0.0596. The van der Waals surface area contributed by atoms with Crippen LogP contribution in [0.4, 0.5) is 18.9 Å². The lowest BCUT2D eigenvalue weighted by atomic mass is 10.3. The summed E-state index contributed by atoms with van der Waals surface area (Å²) in [5, 5.41) is 6.91. The van der Waals surface area contributed by atoms with E-state index in [1.807, 2.05) is 0 Å². The van der Waals surface area contributed by atoms with Crippen LogP contribution >= 0.6 is 23.4 Å². The topological polar surface area (TPSA) is 28.0 Å². The predicted octanol–water partition coefficient (Wildman–Crippen LogP) is 4.66. The molecule has 0 atom stereocenters. The summed E-state index contributed by atoms with van der Waals surface area (Å²) >= 11 is 11.3. The summed E-state index contributed by atoms with van der Waals surface area (Å²) in [6.45, 7) is 3.05. The molecule has 1 aromatic rings. The molecule has 104 valence electrons. The standard InChI is InChI=1S/C11H10Cl2F3N3/c1-7(2)17-18-10(11(14,15)16)19(13)9-5-3-8(12)4-6-9/h3-6H,1-2H3/b18-10-. The van der Waals surface area contributed by atoms with Crippen LogP contribution in [0.1, 0.15) is 13.8 Å². The molecule has 0 spiro atoms. The molecule has 19 heavy (non-hydrogen) atoms. The van der Waals surface area contributed by atoms with Gasteiger partial charge in [-0.2, -0.15) is 18.3 Å². The summed E-state index contributed by atoms with van der Waals surface area (Å²) in [5.74, 6) is -1.32. The molecule has 3 nitrogen and oxygen atoms in total. The van der Waals surface area contributed by atoms with E-state index >= 15 is 0 Å². The molecular formula is C11H10Cl2F3N3. The van der Waals surface area contributed by atoms with Crippen molar-refractivity contribution in [2.24, 2.45) is 10.2 Å². The van der Waals surface area contributed by atoms with Crippen LogP contribution in [0.15, 0.2) is 34.5 Å². The van der Waals surface area contributed by atoms with Gasteiger partial charge in [-0.05, 0) is 38.1 Å². The van der Waals surface area contributed by atoms with Crippen molar-refractivity contribution in [2.45, 2.75) is 20.0 Å². The first-order valence-electron chi connectivity index (χ1n) is 5.09. The van der Waals surface area contributed by atoms with Crippen LogP contribution in [0.3, 0.4) is 0 Å². The average molecular weight is 312 g/mol. The van der Waals surface area contributed by atoms with E-state index in [1.165, 1.54) is 38.1 Å². The molecule has 0 bridgehead atoms. The minimum atomic E-state index is -4.72. The third-order valence-corrected chi connectivity index (χ3v) is 2.44. The van der Waals surface area contributed by atoms with Gasteiger partial charge in [-0.1, -0.05) is 11.6 Å². The van der Waals surface area contributed by atoms with Gasteiger partial charge in [0.1, 0.15) is 0 Å². The molecule has 0 saturated heterocycles. The van der Waals surface area contributed by atoms with Gasteiger partial charge in [0.15, 0.2) is 0 Å². The largest absolute Gasteiger partial charge is 0.452 e. The maximum atomic E-state index is 12.8. The Balaban J connectivity index is 3.15. The number of benzene rings is 1. The number of nitrogens with zero attached hydrogens (tertiary/aromatic N) is 3. The zero-order valence-corrected chi connectivity index (χ0v) is 11.6. The van der Waals surface area contributed by atoms with Gasteiger partial charge >= 0.3 is 6.18 Å². The second-order valence-electron chi connectivity index (χ2n) is 3.73. The van der Waals surface area contributed by atoms with Crippen molar-refractivity contribution in [2.75, 3.05) is 4.42 Å². The van der Waals surface area contributed by atoms with Gasteiger partial charge in [0.25, 0.3) is 5.84 Å². The molecule has 1 aromatic carbocycles. The fraction of sp³-hybridized carbons (Fsp3) is 0.273. The van der Waals surface area contributed by atoms with Crippen LogP contribution in [-0.2, 0) is 0 Å². The maximum absolute atomic E-state index is 12.8. The summed E-state index contributed by atoms with van der Waals surface area (Å²) in [4.78, 5) is 0. The number of anilines is 1. The van der Waals surface area contributed by atoms with Crippen LogP contribution in [0, 0.1) is 0 Å². The summed E-state index contributed by atoms with van der Waals surface area (Å²) in [6, 6.07) is 5.54. The molecule has 0 amide bonds. The smallest absolute Gasteiger partial charge is 0.231 e. The highest BCUT2D eigenvalue weighted by molar-refractivity contribution is 6.38. The molecule has 0 radical (unpaired) electrons. The van der Waals surface area contributed by atoms with Crippen LogP contribution in [0.5, 0.6) is 0 Å². The van der Waals surface area contributed by atoms with Crippen molar-refractivity contribution in [3.8, 4) is 0 Å². The zero-order chi connectivity index (χ0) is 14.6. The lowest BCUT2D eigenvalue weighted by Gasteiger charge is -2.19. The van der Waals surface area contributed by atoms with Crippen molar-refractivity contribution >= 4 is 40.6 Å². The minimum Gasteiger partial charge on any atom is -0.231 e. The highest BCUT2D eigenvalue weighted by Crippen LogP contribution is 2.27. The summed E-state index contributed by atoms with van der Waals surface area (Å²) in [6.07, 6.45) is -4.72. The van der Waals surface area contributed by atoms with Crippen molar-refractivity contribution < 1.29 is 13.2 Å². The van der Waals surface area contributed by atoms with E-state index in [-0.39, 0.29) is 5.69 Å². The van der Waals surface area contributed by atoms with Gasteiger partial charge in [0.05, 0.1) is 5.69 Å². The van der Waals surface area contributed by atoms with E-state index in [9.17, 15) is 13.2 Å². The molecule has 0 aliphatic carbocycles. The Bertz CT molecular complexity index is 491. The highest BCUT2D eigenvalue weighted by atomic mass is 35.5. The molecule has 0 aliphatic heterocycles. The first kappa shape index (κ1) is 15.8. The van der Waals surface area contributed by atoms with Crippen LogP contribution in [0.25, 0.3) is 0 Å². The van der Waals surface area contributed by atoms with Crippen molar-refractivity contribution in [3.05, 3.63) is 29.3 Å². The fourth-order valence-electron chi connectivity index (χ4n) is 1.05. The number of amidine groups is 1. The third-order valence-electron chi connectivity index (χ3n) is 1.84. The van der Waals surface area contributed by atoms with Gasteiger partial charge in [0, 0.05) is 22.5 Å². The first-order chi connectivity index (χ1) is 8.71. The quantitative estimate of drug-likeness (QED) is 0.338. The molecule has 0 heterocycles. The minimum absolute atomic E-state index is 0.0890. The Morgan fingerprint density at radius 2 is 1.63 bits per heavy atom. The lowest BCUT2D eigenvalue weighted by Crippen LogP contribution is -2.35. The summed E-state index contributed by atoms with van der Waals surface area (Å²) in [7, 11) is 0. The zero-order valence-electron chi connectivity index (χ0n) is 10.0. The van der Waals surface area contributed by atoms with E-state index in [0.29, 0.717) is 15.2 Å². The monoisotopic (exact) mass is 311 g/mol. The number of rotatable bonds is 2. The number of alkyl halides is 3. The van der Waals surface area contributed by atoms with E-state index in [4.69, 9.17) is 23.4 Å². The molecule has 0 N–H and O–H groups in total. The Labute approximate surface area is 118 Å². The second kappa shape index (κ2) is 6.25. The third kappa shape index (κ3) is 4.72. The van der Waals surface area contributed by atoms with Crippen LogP contribution < -0.4 is 4.42 Å². The van der Waals surface area contributed by atoms with Gasteiger partial charge in [0.2, 0.25) is 0 Å². The predicted molar refractivity (Wildman–Crippen MR) is 72.1 cm³/mol. The molecule has 0 saturated carbocycles. The number of hydrogen-bond acceptors (Lipinski definition) is 2. The maximum Gasteiger partial charge on any atom is 0.452 e. The Morgan fingerprint density at radius 3 is 2.05 bits per heavy atom. The molecule has 8 heteroatoms. The molecule has 0 aliphatic rings. The van der Waals surface area contributed by atoms with E-state index in [1.54, 1.807) is 0 Å². The fourth-order valence-corrected chi connectivity index (χ4v) is 1.42. The Hall–Kier alpha value is -1.27. The van der Waals surface area contributed by atoms with Crippen molar-refractivity contribution in [3.63, 3.8) is 0 Å². The van der Waals surface area contributed by atoms with Gasteiger partial charge in [-0.15, -0.1) is 5.10 Å². The normalized spacial score (nSPS) is 12.3. The SMILES string of the molecule is CC(C)=N/N=C(\N(Cl)c1ccc(Cl)cc1)C(F)(F)F. The average Bonchev–Trinajstić information content (AvgIpc) is 2.27. The molecular weight excluding hydrogens is 302 g/mol. The van der Waals surface area contributed by atoms with E-state index < -0.39 is 12.0 Å². The van der Waals surface area contributed by atoms with E-state index in [2.05, 4.69) is 10.2 Å². The molecule has 0 aromatic heterocycles. The summed E-state index contributed by atoms with van der Waals surface area (Å²) < 4.78 is 38.9. The van der Waals surface area contributed by atoms with Gasteiger partial charge in [-0.25, -0.2) is 4.42 Å². The Kier molecular flexibility index (Phi) is 5.20. The number of hydrogen-bond donors (Lipinski definition) is 0. The van der Waals surface area contributed by atoms with Crippen molar-refractivity contribution in [1.82, 2.24) is 0 Å². The number of halogens is 5. The molecule has 0 fully saturated rings. The van der Waals surface area contributed by atoms with E-state index in [0.717, 1.165) is 0 Å². The highest BCUT2D eigenvalue weighted by Gasteiger charge is 2.41. The first-order valence-corrected chi connectivity index (χ1v) is 5.81. The molecule has 1 rings (SSSR count). The van der Waals surface area contributed by atoms with Gasteiger partial charge in [-0.3, -0.25) is 0 Å². The van der Waals surface area contributed by atoms with Crippen LogP contribution in [-0.4, -0.2) is 17.7 Å². The van der Waals surface area contributed by atoms with Crippen molar-refractivity contribution in [1.29, 1.82) is 0 Å². The Morgan fingerprint density at radius 1 is 1.11 bits per heavy atom. The molecule has 0 unspecified atom stereocenters. The van der Waals surface area contributed by atoms with Crippen LogP contribution in [0.2, 0.25) is 5.02 Å². The summed E-state index contributed by atoms with van der Waals surface area (Å²) in [5.41, 5.74) is 0.467. The van der Waals surface area contributed by atoms with Gasteiger partial charge < -0.3 is 0 Å². The second-order valence-corrected chi connectivity index (χ2v) is 4.50.